The van der Waals surface area contributed by atoms with E-state index in [0.29, 0.717) is 19.3 Å². The Kier molecular flexibility index (Phi) is 4.19. The average molecular weight is 318 g/mol. The van der Waals surface area contributed by atoms with Gasteiger partial charge in [0.15, 0.2) is 9.84 Å². The molecular weight excluding hydrogens is 296 g/mol. The van der Waals surface area contributed by atoms with Gasteiger partial charge in [0.25, 0.3) is 0 Å². The summed E-state index contributed by atoms with van der Waals surface area (Å²) in [6.45, 7) is 1.67. The van der Waals surface area contributed by atoms with Crippen LogP contribution in [-0.2, 0) is 14.6 Å². The molecule has 2 amide bonds. The summed E-state index contributed by atoms with van der Waals surface area (Å²) in [5.41, 5.74) is -2.05. The summed E-state index contributed by atoms with van der Waals surface area (Å²) < 4.78 is 23.0. The molecule has 0 aromatic rings. The monoisotopic (exact) mass is 318 g/mol. The smallest absolute Gasteiger partial charge is 0.329 e. The maximum atomic E-state index is 12.1. The number of hydrogen-bond acceptors (Lipinski definition) is 4. The van der Waals surface area contributed by atoms with Gasteiger partial charge in [-0.3, -0.25) is 0 Å². The molecule has 1 heterocycles. The third-order valence-corrected chi connectivity index (χ3v) is 6.29. The van der Waals surface area contributed by atoms with Crippen molar-refractivity contribution in [3.05, 3.63) is 0 Å². The minimum atomic E-state index is -3.12. The van der Waals surface area contributed by atoms with Crippen LogP contribution in [0.4, 0.5) is 4.79 Å². The van der Waals surface area contributed by atoms with Gasteiger partial charge in [0.2, 0.25) is 0 Å². The highest BCUT2D eigenvalue weighted by molar-refractivity contribution is 7.91. The van der Waals surface area contributed by atoms with Gasteiger partial charge in [0, 0.05) is 0 Å². The number of nitrogens with one attached hydrogen (secondary N) is 2. The number of amides is 2. The van der Waals surface area contributed by atoms with E-state index in [1.807, 2.05) is 0 Å². The quantitative estimate of drug-likeness (QED) is 0.707. The van der Waals surface area contributed by atoms with Crippen molar-refractivity contribution in [1.82, 2.24) is 10.6 Å². The van der Waals surface area contributed by atoms with E-state index < -0.39 is 32.9 Å². The maximum absolute atomic E-state index is 12.1. The van der Waals surface area contributed by atoms with E-state index in [1.54, 1.807) is 6.92 Å². The summed E-state index contributed by atoms with van der Waals surface area (Å²) in [4.78, 5) is 23.6. The summed E-state index contributed by atoms with van der Waals surface area (Å²) in [6.07, 6.45) is 3.66. The highest BCUT2D eigenvalue weighted by Crippen LogP contribution is 2.29. The van der Waals surface area contributed by atoms with Crippen LogP contribution in [0.5, 0.6) is 0 Å². The minimum absolute atomic E-state index is 0.0495. The first-order valence-electron chi connectivity index (χ1n) is 7.21. The normalized spacial score (nSPS) is 30.5. The van der Waals surface area contributed by atoms with Crippen LogP contribution in [-0.4, -0.2) is 48.1 Å². The van der Waals surface area contributed by atoms with Gasteiger partial charge in [-0.1, -0.05) is 19.3 Å². The molecule has 1 unspecified atom stereocenters. The molecule has 120 valence electrons. The number of sulfone groups is 1. The van der Waals surface area contributed by atoms with E-state index in [0.717, 1.165) is 19.3 Å². The lowest BCUT2D eigenvalue weighted by Crippen LogP contribution is -2.61. The SMILES string of the molecule is CC1(NC(=O)NC2(C(=O)O)CCCCC2)CCS(=O)(=O)C1. The molecule has 0 radical (unpaired) electrons. The molecule has 21 heavy (non-hydrogen) atoms. The number of aliphatic carboxylic acids is 1. The van der Waals surface area contributed by atoms with E-state index in [2.05, 4.69) is 10.6 Å². The molecule has 2 aliphatic rings. The van der Waals surface area contributed by atoms with Crippen molar-refractivity contribution in [2.24, 2.45) is 0 Å². The lowest BCUT2D eigenvalue weighted by molar-refractivity contribution is -0.145. The van der Waals surface area contributed by atoms with E-state index in [-0.39, 0.29) is 11.5 Å². The largest absolute Gasteiger partial charge is 0.480 e. The van der Waals surface area contributed by atoms with Crippen LogP contribution >= 0.6 is 0 Å². The zero-order valence-electron chi connectivity index (χ0n) is 12.1. The lowest BCUT2D eigenvalue weighted by Gasteiger charge is -2.35. The number of hydrogen-bond donors (Lipinski definition) is 3. The first-order valence-corrected chi connectivity index (χ1v) is 9.03. The van der Waals surface area contributed by atoms with Crippen LogP contribution in [0.1, 0.15) is 45.4 Å². The van der Waals surface area contributed by atoms with Crippen LogP contribution in [0.25, 0.3) is 0 Å². The van der Waals surface area contributed by atoms with Gasteiger partial charge in [0.05, 0.1) is 17.0 Å². The molecule has 8 heteroatoms. The van der Waals surface area contributed by atoms with Gasteiger partial charge in [-0.25, -0.2) is 18.0 Å². The first-order chi connectivity index (χ1) is 9.67. The molecule has 2 fully saturated rings. The summed E-state index contributed by atoms with van der Waals surface area (Å²) >= 11 is 0. The zero-order valence-corrected chi connectivity index (χ0v) is 13.0. The summed E-state index contributed by atoms with van der Waals surface area (Å²) in [7, 11) is -3.12. The third-order valence-electron chi connectivity index (χ3n) is 4.39. The van der Waals surface area contributed by atoms with E-state index in [1.165, 1.54) is 0 Å². The van der Waals surface area contributed by atoms with Crippen LogP contribution in [0.3, 0.4) is 0 Å². The Bertz CT molecular complexity index is 539. The molecule has 1 aliphatic carbocycles. The topological polar surface area (TPSA) is 113 Å². The summed E-state index contributed by atoms with van der Waals surface area (Å²) in [5, 5.41) is 14.6. The Hall–Kier alpha value is -1.31. The zero-order chi connectivity index (χ0) is 15.7. The van der Waals surface area contributed by atoms with E-state index in [9.17, 15) is 23.1 Å². The number of carbonyl (C=O) groups excluding carboxylic acids is 1. The van der Waals surface area contributed by atoms with Crippen molar-refractivity contribution in [2.75, 3.05) is 11.5 Å². The highest BCUT2D eigenvalue weighted by Gasteiger charge is 2.44. The van der Waals surface area contributed by atoms with Gasteiger partial charge < -0.3 is 15.7 Å². The van der Waals surface area contributed by atoms with Gasteiger partial charge in [-0.15, -0.1) is 0 Å². The molecular formula is C13H22N2O5S. The Balaban J connectivity index is 2.02. The second-order valence-electron chi connectivity index (χ2n) is 6.43. The second kappa shape index (κ2) is 5.47. The fourth-order valence-corrected chi connectivity index (χ4v) is 5.27. The van der Waals surface area contributed by atoms with Crippen LogP contribution < -0.4 is 10.6 Å². The molecule has 1 saturated heterocycles. The van der Waals surface area contributed by atoms with Crippen LogP contribution in [0.2, 0.25) is 0 Å². The molecule has 1 aliphatic heterocycles. The number of carboxylic acid groups (broad SMARTS) is 1. The van der Waals surface area contributed by atoms with Crippen molar-refractivity contribution in [3.63, 3.8) is 0 Å². The molecule has 1 saturated carbocycles. The molecule has 0 aromatic heterocycles. The van der Waals surface area contributed by atoms with E-state index >= 15 is 0 Å². The van der Waals surface area contributed by atoms with Crippen molar-refractivity contribution < 1.29 is 23.1 Å². The van der Waals surface area contributed by atoms with Crippen molar-refractivity contribution in [1.29, 1.82) is 0 Å². The third kappa shape index (κ3) is 3.66. The molecule has 7 nitrogen and oxygen atoms in total. The maximum Gasteiger partial charge on any atom is 0.329 e. The minimum Gasteiger partial charge on any atom is -0.480 e. The Morgan fingerprint density at radius 1 is 1.05 bits per heavy atom. The number of rotatable bonds is 3. The van der Waals surface area contributed by atoms with Gasteiger partial charge in [-0.05, 0) is 26.2 Å². The van der Waals surface area contributed by atoms with Crippen molar-refractivity contribution in [3.8, 4) is 0 Å². The molecule has 0 bridgehead atoms. The number of carboxylic acids is 1. The standard InChI is InChI=1S/C13H22N2O5S/c1-12(7-8-21(19,20)9-12)14-11(18)15-13(10(16)17)5-3-2-4-6-13/h2-9H2,1H3,(H,16,17)(H2,14,15,18). The van der Waals surface area contributed by atoms with Gasteiger partial charge in [0.1, 0.15) is 5.54 Å². The van der Waals surface area contributed by atoms with Crippen LogP contribution in [0, 0.1) is 0 Å². The molecule has 3 N–H and O–H groups in total. The van der Waals surface area contributed by atoms with E-state index in [4.69, 9.17) is 0 Å². The average Bonchev–Trinajstić information content (AvgIpc) is 2.63. The van der Waals surface area contributed by atoms with Gasteiger partial charge >= 0.3 is 12.0 Å². The Labute approximate surface area is 124 Å². The summed E-state index contributed by atoms with van der Waals surface area (Å²) in [6, 6.07) is -0.598. The highest BCUT2D eigenvalue weighted by atomic mass is 32.2. The van der Waals surface area contributed by atoms with Crippen molar-refractivity contribution in [2.45, 2.75) is 56.5 Å². The molecule has 0 spiro atoms. The van der Waals surface area contributed by atoms with Crippen molar-refractivity contribution >= 4 is 21.8 Å². The first kappa shape index (κ1) is 16.1. The number of carbonyl (C=O) groups is 2. The van der Waals surface area contributed by atoms with Gasteiger partial charge in [-0.2, -0.15) is 0 Å². The molecule has 1 atom stereocenters. The predicted octanol–water partition coefficient (Wildman–Crippen LogP) is 0.650. The Morgan fingerprint density at radius 3 is 2.14 bits per heavy atom. The van der Waals surface area contributed by atoms with Crippen LogP contribution in [0.15, 0.2) is 0 Å². The second-order valence-corrected chi connectivity index (χ2v) is 8.61. The number of urea groups is 1. The molecule has 0 aromatic carbocycles. The molecule has 2 rings (SSSR count). The Morgan fingerprint density at radius 2 is 1.67 bits per heavy atom. The predicted molar refractivity (Wildman–Crippen MR) is 76.8 cm³/mol. The summed E-state index contributed by atoms with van der Waals surface area (Å²) in [5.74, 6) is -1.08. The fraction of sp³-hybridized carbons (Fsp3) is 0.846. The lowest BCUT2D eigenvalue weighted by atomic mass is 9.82. The fourth-order valence-electron chi connectivity index (χ4n) is 3.18.